The highest BCUT2D eigenvalue weighted by molar-refractivity contribution is 5.93. The lowest BCUT2D eigenvalue weighted by atomic mass is 10.2. The molecule has 0 aliphatic carbocycles. The molecule has 3 heterocycles. The molecule has 2 aromatic heterocycles. The highest BCUT2D eigenvalue weighted by Gasteiger charge is 2.33. The van der Waals surface area contributed by atoms with Crippen LogP contribution in [-0.2, 0) is 20.9 Å². The molecule has 0 saturated carbocycles. The molecule has 12 heteroatoms. The van der Waals surface area contributed by atoms with E-state index in [0.29, 0.717) is 12.3 Å². The molecular formula is C14H16N6O6. The lowest BCUT2D eigenvalue weighted by Crippen LogP contribution is -2.28. The van der Waals surface area contributed by atoms with Gasteiger partial charge in [0.05, 0.1) is 19.9 Å². The van der Waals surface area contributed by atoms with Gasteiger partial charge in [-0.15, -0.1) is 5.10 Å². The van der Waals surface area contributed by atoms with E-state index in [-0.39, 0.29) is 31.1 Å². The Balaban J connectivity index is 1.52. The van der Waals surface area contributed by atoms with Crippen molar-refractivity contribution >= 4 is 17.7 Å². The molecule has 2 aromatic rings. The average molecular weight is 364 g/mol. The van der Waals surface area contributed by atoms with Crippen LogP contribution in [0, 0.1) is 0 Å². The zero-order valence-corrected chi connectivity index (χ0v) is 13.7. The Bertz CT molecular complexity index is 796. The number of aliphatic carboxylic acids is 1. The van der Waals surface area contributed by atoms with Crippen molar-refractivity contribution in [1.29, 1.82) is 0 Å². The van der Waals surface area contributed by atoms with Gasteiger partial charge in [-0.2, -0.15) is 4.98 Å². The zero-order valence-electron chi connectivity index (χ0n) is 13.7. The van der Waals surface area contributed by atoms with Gasteiger partial charge in [-0.25, -0.2) is 9.67 Å². The Morgan fingerprint density at radius 3 is 3.12 bits per heavy atom. The number of anilines is 1. The van der Waals surface area contributed by atoms with Crippen LogP contribution in [0.3, 0.4) is 0 Å². The van der Waals surface area contributed by atoms with Gasteiger partial charge >= 0.3 is 12.0 Å². The molecule has 1 saturated heterocycles. The maximum absolute atomic E-state index is 12.2. The molecule has 1 fully saturated rings. The fraction of sp³-hybridized carbons (Fsp3) is 0.429. The minimum Gasteiger partial charge on any atom is -0.480 e. The number of carboxylic acids is 1. The highest BCUT2D eigenvalue weighted by Crippen LogP contribution is 2.20. The molecule has 12 nitrogen and oxygen atoms in total. The third kappa shape index (κ3) is 4.42. The van der Waals surface area contributed by atoms with Gasteiger partial charge in [0.1, 0.15) is 18.8 Å². The minimum atomic E-state index is -1.06. The first kappa shape index (κ1) is 17.5. The molecule has 0 radical (unpaired) electrons. The lowest BCUT2D eigenvalue weighted by Gasteiger charge is -2.11. The van der Waals surface area contributed by atoms with Crippen LogP contribution in [0.4, 0.5) is 5.82 Å². The van der Waals surface area contributed by atoms with Crippen LogP contribution in [0.1, 0.15) is 6.42 Å². The smallest absolute Gasteiger partial charge is 0.325 e. The van der Waals surface area contributed by atoms with Crippen molar-refractivity contribution in [2.75, 3.05) is 19.0 Å². The zero-order chi connectivity index (χ0) is 18.5. The number of amides is 1. The van der Waals surface area contributed by atoms with E-state index < -0.39 is 18.0 Å². The predicted octanol–water partition coefficient (Wildman–Crippen LogP) is -0.664. The van der Waals surface area contributed by atoms with E-state index >= 15 is 0 Å². The van der Waals surface area contributed by atoms with Crippen LogP contribution in [0.15, 0.2) is 18.5 Å². The van der Waals surface area contributed by atoms with Gasteiger partial charge in [0.15, 0.2) is 5.82 Å². The van der Waals surface area contributed by atoms with Crippen molar-refractivity contribution in [3.8, 4) is 11.9 Å². The number of carbonyl (C=O) groups excluding carboxylic acids is 1. The third-order valence-corrected chi connectivity index (χ3v) is 3.42. The summed E-state index contributed by atoms with van der Waals surface area (Å²) in [5.74, 6) is -1.01. The summed E-state index contributed by atoms with van der Waals surface area (Å²) in [6.45, 7) is -0.128. The molecule has 3 rings (SSSR count). The number of ether oxygens (including phenoxy) is 3. The normalized spacial score (nSPS) is 19.1. The van der Waals surface area contributed by atoms with Gasteiger partial charge in [0.25, 0.3) is 5.91 Å². The van der Waals surface area contributed by atoms with Crippen LogP contribution >= 0.6 is 0 Å². The van der Waals surface area contributed by atoms with Crippen molar-refractivity contribution in [2.24, 2.45) is 0 Å². The van der Waals surface area contributed by atoms with Crippen LogP contribution in [0.25, 0.3) is 0 Å². The number of nitrogens with zero attached hydrogens (tertiary/aromatic N) is 5. The fourth-order valence-corrected chi connectivity index (χ4v) is 2.30. The number of nitrogens with one attached hydrogen (secondary N) is 1. The maximum atomic E-state index is 12.2. The standard InChI is InChI=1S/C14H16N6O6/c1-24-14-15-3-2-11(17-14)26-8-4-9(25-7-8)13(23)16-10-5-20(19-18-10)6-12(21)22/h2-3,5,8-9H,4,6-7H2,1H3,(H,16,23)(H,21,22)/t8-,9+/m1/s1. The molecule has 1 aliphatic rings. The first-order valence-corrected chi connectivity index (χ1v) is 7.61. The molecule has 0 aromatic carbocycles. The van der Waals surface area contributed by atoms with Gasteiger partial charge in [-0.05, 0) is 0 Å². The molecule has 138 valence electrons. The SMILES string of the molecule is COc1nccc(O[C@H]2CO[C@H](C(=O)Nc3cn(CC(=O)O)nn3)C2)n1. The summed E-state index contributed by atoms with van der Waals surface area (Å²) in [7, 11) is 1.45. The molecule has 2 atom stereocenters. The first-order chi connectivity index (χ1) is 12.5. The van der Waals surface area contributed by atoms with E-state index in [9.17, 15) is 9.59 Å². The molecule has 1 aliphatic heterocycles. The molecule has 0 bridgehead atoms. The number of hydrogen-bond acceptors (Lipinski definition) is 9. The number of methoxy groups -OCH3 is 1. The van der Waals surface area contributed by atoms with Crippen molar-refractivity contribution in [3.63, 3.8) is 0 Å². The van der Waals surface area contributed by atoms with E-state index in [0.717, 1.165) is 4.68 Å². The third-order valence-electron chi connectivity index (χ3n) is 3.42. The summed E-state index contributed by atoms with van der Waals surface area (Å²) in [4.78, 5) is 30.7. The van der Waals surface area contributed by atoms with Crippen molar-refractivity contribution in [3.05, 3.63) is 18.5 Å². The Kier molecular flexibility index (Phi) is 5.22. The summed E-state index contributed by atoms with van der Waals surface area (Å²) in [6, 6.07) is 1.76. The van der Waals surface area contributed by atoms with E-state index in [1.807, 2.05) is 0 Å². The van der Waals surface area contributed by atoms with Crippen LogP contribution in [0.5, 0.6) is 11.9 Å². The topological polar surface area (TPSA) is 151 Å². The lowest BCUT2D eigenvalue weighted by molar-refractivity contribution is -0.137. The van der Waals surface area contributed by atoms with Gasteiger partial charge in [0.2, 0.25) is 5.88 Å². The van der Waals surface area contributed by atoms with Crippen molar-refractivity contribution in [1.82, 2.24) is 25.0 Å². The minimum absolute atomic E-state index is 0.143. The van der Waals surface area contributed by atoms with Gasteiger partial charge in [-0.3, -0.25) is 9.59 Å². The second-order valence-electron chi connectivity index (χ2n) is 5.36. The quantitative estimate of drug-likeness (QED) is 0.647. The number of carbonyl (C=O) groups is 2. The summed E-state index contributed by atoms with van der Waals surface area (Å²) in [5, 5.41) is 18.5. The van der Waals surface area contributed by atoms with Crippen molar-refractivity contribution < 1.29 is 28.9 Å². The Labute approximate surface area is 147 Å². The number of carboxylic acid groups (broad SMARTS) is 1. The Morgan fingerprint density at radius 2 is 2.35 bits per heavy atom. The molecule has 0 spiro atoms. The molecule has 26 heavy (non-hydrogen) atoms. The van der Waals surface area contributed by atoms with Crippen LogP contribution in [-0.4, -0.2) is 67.9 Å². The molecule has 0 unspecified atom stereocenters. The number of aromatic nitrogens is 5. The summed E-state index contributed by atoms with van der Waals surface area (Å²) >= 11 is 0. The molecule has 2 N–H and O–H groups in total. The fourth-order valence-electron chi connectivity index (χ4n) is 2.30. The number of rotatable bonds is 7. The summed E-state index contributed by atoms with van der Waals surface area (Å²) < 4.78 is 17.1. The second-order valence-corrected chi connectivity index (χ2v) is 5.36. The van der Waals surface area contributed by atoms with E-state index in [1.165, 1.54) is 19.5 Å². The Morgan fingerprint density at radius 1 is 1.50 bits per heavy atom. The maximum Gasteiger partial charge on any atom is 0.325 e. The first-order valence-electron chi connectivity index (χ1n) is 7.61. The summed E-state index contributed by atoms with van der Waals surface area (Å²) in [5.41, 5.74) is 0. The van der Waals surface area contributed by atoms with Gasteiger partial charge in [-0.1, -0.05) is 5.21 Å². The van der Waals surface area contributed by atoms with E-state index in [1.54, 1.807) is 6.07 Å². The average Bonchev–Trinajstić information content (AvgIpc) is 3.24. The van der Waals surface area contributed by atoms with Crippen molar-refractivity contribution in [2.45, 2.75) is 25.2 Å². The summed E-state index contributed by atoms with van der Waals surface area (Å²) in [6.07, 6.45) is 2.06. The molecule has 1 amide bonds. The van der Waals surface area contributed by atoms with E-state index in [4.69, 9.17) is 19.3 Å². The Hall–Kier alpha value is -3.28. The second kappa shape index (κ2) is 7.74. The van der Waals surface area contributed by atoms with Crippen LogP contribution in [0.2, 0.25) is 0 Å². The predicted molar refractivity (Wildman–Crippen MR) is 83.6 cm³/mol. The monoisotopic (exact) mass is 364 g/mol. The van der Waals surface area contributed by atoms with Crippen LogP contribution < -0.4 is 14.8 Å². The number of hydrogen-bond donors (Lipinski definition) is 2. The largest absolute Gasteiger partial charge is 0.480 e. The highest BCUT2D eigenvalue weighted by atomic mass is 16.6. The molecular weight excluding hydrogens is 348 g/mol. The van der Waals surface area contributed by atoms with Gasteiger partial charge < -0.3 is 24.6 Å². The van der Waals surface area contributed by atoms with Gasteiger partial charge in [0, 0.05) is 18.7 Å². The van der Waals surface area contributed by atoms with E-state index in [2.05, 4.69) is 25.6 Å².